The van der Waals surface area contributed by atoms with Gasteiger partial charge in [-0.05, 0) is 6.92 Å². The third-order valence-corrected chi connectivity index (χ3v) is 4.43. The lowest BCUT2D eigenvalue weighted by Crippen LogP contribution is -2.50. The third-order valence-electron chi connectivity index (χ3n) is 4.43. The van der Waals surface area contributed by atoms with Gasteiger partial charge in [0.2, 0.25) is 11.8 Å². The fraction of sp³-hybridized carbons (Fsp3) is 0.667. The Morgan fingerprint density at radius 3 is 2.64 bits per heavy atom. The van der Waals surface area contributed by atoms with Gasteiger partial charge in [-0.1, -0.05) is 5.16 Å². The van der Waals surface area contributed by atoms with E-state index in [2.05, 4.69) is 10.1 Å². The molecule has 22 heavy (non-hydrogen) atoms. The number of hydrogen-bond acceptors (Lipinski definition) is 5. The van der Waals surface area contributed by atoms with E-state index >= 15 is 0 Å². The highest BCUT2D eigenvalue weighted by Gasteiger charge is 2.35. The zero-order valence-corrected chi connectivity index (χ0v) is 13.1. The molecule has 0 N–H and O–H groups in total. The summed E-state index contributed by atoms with van der Waals surface area (Å²) in [5, 5.41) is 3.89. The number of aromatic nitrogens is 1. The van der Waals surface area contributed by atoms with Crippen molar-refractivity contribution < 1.29 is 14.1 Å². The molecule has 1 aromatic heterocycles. The van der Waals surface area contributed by atoms with E-state index in [0.29, 0.717) is 26.1 Å². The zero-order chi connectivity index (χ0) is 15.7. The molecule has 3 rings (SSSR count). The Morgan fingerprint density at radius 2 is 2.09 bits per heavy atom. The molecule has 7 heteroatoms. The summed E-state index contributed by atoms with van der Waals surface area (Å²) in [6.07, 6.45) is 0.354. The first-order valence-electron chi connectivity index (χ1n) is 7.70. The van der Waals surface area contributed by atoms with E-state index in [-0.39, 0.29) is 17.7 Å². The first-order valence-corrected chi connectivity index (χ1v) is 7.70. The largest absolute Gasteiger partial charge is 0.360 e. The van der Waals surface area contributed by atoms with Crippen LogP contribution < -0.4 is 0 Å². The maximum absolute atomic E-state index is 12.5. The number of hydrogen-bond donors (Lipinski definition) is 0. The Hall–Kier alpha value is -1.89. The number of likely N-dealkylation sites (tertiary alicyclic amines) is 1. The van der Waals surface area contributed by atoms with Gasteiger partial charge in [-0.2, -0.15) is 0 Å². The van der Waals surface area contributed by atoms with E-state index in [0.717, 1.165) is 31.1 Å². The Kier molecular flexibility index (Phi) is 4.15. The van der Waals surface area contributed by atoms with Crippen LogP contribution in [0.5, 0.6) is 0 Å². The lowest BCUT2D eigenvalue weighted by atomic mass is 10.1. The second-order valence-electron chi connectivity index (χ2n) is 6.21. The smallest absolute Gasteiger partial charge is 0.228 e. The molecule has 0 unspecified atom stereocenters. The van der Waals surface area contributed by atoms with Gasteiger partial charge in [0.05, 0.1) is 18.2 Å². The molecule has 1 atom stereocenters. The molecular formula is C15H22N4O3. The van der Waals surface area contributed by atoms with Crippen LogP contribution in [0.15, 0.2) is 10.6 Å². The predicted molar refractivity (Wildman–Crippen MR) is 78.8 cm³/mol. The van der Waals surface area contributed by atoms with Crippen molar-refractivity contribution in [2.24, 2.45) is 5.92 Å². The average Bonchev–Trinajstić information content (AvgIpc) is 3.05. The van der Waals surface area contributed by atoms with E-state index in [4.69, 9.17) is 4.52 Å². The maximum Gasteiger partial charge on any atom is 0.228 e. The van der Waals surface area contributed by atoms with Crippen LogP contribution in [-0.2, 0) is 16.1 Å². The molecule has 2 aliphatic rings. The molecule has 2 fully saturated rings. The van der Waals surface area contributed by atoms with Gasteiger partial charge in [-0.15, -0.1) is 0 Å². The molecule has 0 spiro atoms. The molecule has 3 heterocycles. The standard InChI is InChI=1S/C15H22N4O3/c1-11-7-13(22-16-11)10-18-3-5-19(6-4-18)15(21)12-8-14(20)17(2)9-12/h7,12H,3-6,8-10H2,1-2H3/t12-/m1/s1. The maximum atomic E-state index is 12.5. The van der Waals surface area contributed by atoms with Gasteiger partial charge in [-0.3, -0.25) is 14.5 Å². The molecule has 0 bridgehead atoms. The van der Waals surface area contributed by atoms with E-state index in [1.54, 1.807) is 11.9 Å². The molecule has 7 nitrogen and oxygen atoms in total. The van der Waals surface area contributed by atoms with E-state index in [1.807, 2.05) is 17.9 Å². The van der Waals surface area contributed by atoms with Crippen molar-refractivity contribution in [3.63, 3.8) is 0 Å². The lowest BCUT2D eigenvalue weighted by molar-refractivity contribution is -0.137. The summed E-state index contributed by atoms with van der Waals surface area (Å²) in [6.45, 7) is 6.25. The van der Waals surface area contributed by atoms with Crippen LogP contribution in [0, 0.1) is 12.8 Å². The van der Waals surface area contributed by atoms with Crippen LogP contribution in [-0.4, -0.2) is 71.4 Å². The fourth-order valence-electron chi connectivity index (χ4n) is 3.12. The molecule has 0 saturated carbocycles. The van der Waals surface area contributed by atoms with Crippen molar-refractivity contribution in [1.29, 1.82) is 0 Å². The molecule has 1 aromatic rings. The highest BCUT2D eigenvalue weighted by molar-refractivity contribution is 5.89. The topological polar surface area (TPSA) is 69.9 Å². The van der Waals surface area contributed by atoms with Crippen molar-refractivity contribution in [3.8, 4) is 0 Å². The van der Waals surface area contributed by atoms with Gasteiger partial charge in [0, 0.05) is 52.3 Å². The Bertz CT molecular complexity index is 563. The second kappa shape index (κ2) is 6.08. The van der Waals surface area contributed by atoms with Crippen LogP contribution >= 0.6 is 0 Å². The van der Waals surface area contributed by atoms with E-state index in [9.17, 15) is 9.59 Å². The molecule has 0 aromatic carbocycles. The number of carbonyl (C=O) groups is 2. The van der Waals surface area contributed by atoms with Crippen LogP contribution in [0.1, 0.15) is 17.9 Å². The summed E-state index contributed by atoms with van der Waals surface area (Å²) in [7, 11) is 1.76. The first-order chi connectivity index (χ1) is 10.5. The minimum absolute atomic E-state index is 0.0673. The Morgan fingerprint density at radius 1 is 1.36 bits per heavy atom. The highest BCUT2D eigenvalue weighted by Crippen LogP contribution is 2.20. The minimum Gasteiger partial charge on any atom is -0.360 e. The fourth-order valence-corrected chi connectivity index (χ4v) is 3.12. The summed E-state index contributed by atoms with van der Waals surface area (Å²) in [4.78, 5) is 29.8. The average molecular weight is 306 g/mol. The third kappa shape index (κ3) is 3.14. The molecule has 2 saturated heterocycles. The molecule has 120 valence electrons. The van der Waals surface area contributed by atoms with Crippen LogP contribution in [0.3, 0.4) is 0 Å². The van der Waals surface area contributed by atoms with Gasteiger partial charge in [0.25, 0.3) is 0 Å². The predicted octanol–water partition coefficient (Wildman–Crippen LogP) is 0.106. The number of amides is 2. The van der Waals surface area contributed by atoms with Crippen LogP contribution in [0.2, 0.25) is 0 Å². The summed E-state index contributed by atoms with van der Waals surface area (Å²) >= 11 is 0. The molecule has 2 aliphatic heterocycles. The number of nitrogens with zero attached hydrogens (tertiary/aromatic N) is 4. The molecule has 2 amide bonds. The molecule has 0 aliphatic carbocycles. The van der Waals surface area contributed by atoms with Crippen molar-refractivity contribution in [2.45, 2.75) is 19.9 Å². The monoisotopic (exact) mass is 306 g/mol. The number of rotatable bonds is 3. The van der Waals surface area contributed by atoms with Gasteiger partial charge in [0.1, 0.15) is 0 Å². The summed E-state index contributed by atoms with van der Waals surface area (Å²) in [5.74, 6) is 0.881. The van der Waals surface area contributed by atoms with Crippen molar-refractivity contribution in [1.82, 2.24) is 19.9 Å². The van der Waals surface area contributed by atoms with Gasteiger partial charge in [0.15, 0.2) is 5.76 Å². The Labute approximate surface area is 129 Å². The number of carbonyl (C=O) groups excluding carboxylic acids is 2. The van der Waals surface area contributed by atoms with E-state index in [1.165, 1.54) is 0 Å². The minimum atomic E-state index is -0.166. The first kappa shape index (κ1) is 15.0. The summed E-state index contributed by atoms with van der Waals surface area (Å²) < 4.78 is 5.23. The molecule has 0 radical (unpaired) electrons. The Balaban J connectivity index is 1.49. The zero-order valence-electron chi connectivity index (χ0n) is 13.1. The summed E-state index contributed by atoms with van der Waals surface area (Å²) in [6, 6.07) is 1.94. The quantitative estimate of drug-likeness (QED) is 0.792. The van der Waals surface area contributed by atoms with Gasteiger partial charge >= 0.3 is 0 Å². The van der Waals surface area contributed by atoms with Gasteiger partial charge < -0.3 is 14.3 Å². The normalized spacial score (nSPS) is 23.4. The summed E-state index contributed by atoms with van der Waals surface area (Å²) in [5.41, 5.74) is 0.888. The highest BCUT2D eigenvalue weighted by atomic mass is 16.5. The van der Waals surface area contributed by atoms with E-state index < -0.39 is 0 Å². The van der Waals surface area contributed by atoms with Crippen molar-refractivity contribution in [3.05, 3.63) is 17.5 Å². The molecular weight excluding hydrogens is 284 g/mol. The van der Waals surface area contributed by atoms with Crippen LogP contribution in [0.4, 0.5) is 0 Å². The van der Waals surface area contributed by atoms with Crippen LogP contribution in [0.25, 0.3) is 0 Å². The number of aryl methyl sites for hydroxylation is 1. The SMILES string of the molecule is Cc1cc(CN2CCN(C(=O)[C@@H]3CC(=O)N(C)C3)CC2)on1. The second-order valence-corrected chi connectivity index (χ2v) is 6.21. The lowest BCUT2D eigenvalue weighted by Gasteiger charge is -2.35. The van der Waals surface area contributed by atoms with Crippen molar-refractivity contribution in [2.75, 3.05) is 39.8 Å². The van der Waals surface area contributed by atoms with Gasteiger partial charge in [-0.25, -0.2) is 0 Å². The number of piperazine rings is 1. The van der Waals surface area contributed by atoms with Crippen molar-refractivity contribution >= 4 is 11.8 Å².